The lowest BCUT2D eigenvalue weighted by Gasteiger charge is -2.06. The Bertz CT molecular complexity index is 750. The number of benzene rings is 1. The molecule has 0 aliphatic heterocycles. The van der Waals surface area contributed by atoms with Crippen molar-refractivity contribution in [3.63, 3.8) is 0 Å². The maximum absolute atomic E-state index is 5.61. The first-order valence-corrected chi connectivity index (χ1v) is 5.81. The molecule has 0 bridgehead atoms. The number of rotatable bonds is 2. The second-order valence-corrected chi connectivity index (χ2v) is 4.22. The van der Waals surface area contributed by atoms with Gasteiger partial charge in [-0.25, -0.2) is 9.97 Å². The van der Waals surface area contributed by atoms with Crippen LogP contribution < -0.4 is 10.5 Å². The molecule has 0 radical (unpaired) electrons. The van der Waals surface area contributed by atoms with E-state index in [0.717, 1.165) is 33.9 Å². The van der Waals surface area contributed by atoms with Crippen molar-refractivity contribution in [3.05, 3.63) is 30.0 Å². The summed E-state index contributed by atoms with van der Waals surface area (Å²) in [5, 5.41) is 6.76. The van der Waals surface area contributed by atoms with Crippen LogP contribution in [0.2, 0.25) is 0 Å². The van der Waals surface area contributed by atoms with Crippen LogP contribution in [0.3, 0.4) is 0 Å². The monoisotopic (exact) mass is 255 g/mol. The van der Waals surface area contributed by atoms with Crippen molar-refractivity contribution in [2.24, 2.45) is 0 Å². The predicted octanol–water partition coefficient (Wildman–Crippen LogP) is 1.92. The third kappa shape index (κ3) is 1.97. The topological polar surface area (TPSA) is 89.7 Å². The minimum Gasteiger partial charge on any atom is -0.497 e. The molecular formula is C13H13N5O. The Morgan fingerprint density at radius 1 is 1.16 bits per heavy atom. The molecule has 6 heteroatoms. The van der Waals surface area contributed by atoms with E-state index in [1.807, 2.05) is 25.1 Å². The van der Waals surface area contributed by atoms with Crippen LogP contribution in [-0.4, -0.2) is 27.3 Å². The second kappa shape index (κ2) is 4.24. The Hall–Kier alpha value is -2.63. The Balaban J connectivity index is 2.22. The van der Waals surface area contributed by atoms with Crippen molar-refractivity contribution < 1.29 is 4.74 Å². The van der Waals surface area contributed by atoms with Crippen LogP contribution in [0, 0.1) is 6.92 Å². The van der Waals surface area contributed by atoms with Crippen LogP contribution in [-0.2, 0) is 0 Å². The van der Waals surface area contributed by atoms with Gasteiger partial charge in [0.1, 0.15) is 17.3 Å². The van der Waals surface area contributed by atoms with Gasteiger partial charge in [0.15, 0.2) is 0 Å². The number of ether oxygens (including phenoxy) is 1. The zero-order chi connectivity index (χ0) is 13.4. The Morgan fingerprint density at radius 2 is 2.00 bits per heavy atom. The quantitative estimate of drug-likeness (QED) is 0.730. The van der Waals surface area contributed by atoms with E-state index < -0.39 is 0 Å². The highest BCUT2D eigenvalue weighted by molar-refractivity contribution is 5.79. The van der Waals surface area contributed by atoms with Crippen LogP contribution in [0.25, 0.3) is 22.4 Å². The molecule has 3 aromatic rings. The SMILES string of the molecule is COc1ccc2nc(C)c(-c3cc(N)n[nH]3)nc2c1. The second-order valence-electron chi connectivity index (χ2n) is 4.22. The van der Waals surface area contributed by atoms with Gasteiger partial charge in [0.2, 0.25) is 0 Å². The molecule has 0 fully saturated rings. The lowest BCUT2D eigenvalue weighted by atomic mass is 10.2. The van der Waals surface area contributed by atoms with Crippen molar-refractivity contribution in [3.8, 4) is 17.1 Å². The molecule has 19 heavy (non-hydrogen) atoms. The smallest absolute Gasteiger partial charge is 0.145 e. The van der Waals surface area contributed by atoms with Crippen molar-refractivity contribution in [2.45, 2.75) is 6.92 Å². The van der Waals surface area contributed by atoms with Gasteiger partial charge in [-0.15, -0.1) is 0 Å². The van der Waals surface area contributed by atoms with Gasteiger partial charge >= 0.3 is 0 Å². The first-order chi connectivity index (χ1) is 9.17. The number of nitrogens with zero attached hydrogens (tertiary/aromatic N) is 3. The van der Waals surface area contributed by atoms with Crippen molar-refractivity contribution >= 4 is 16.9 Å². The highest BCUT2D eigenvalue weighted by Gasteiger charge is 2.10. The third-order valence-corrected chi connectivity index (χ3v) is 2.90. The first kappa shape index (κ1) is 11.5. The van der Waals surface area contributed by atoms with Gasteiger partial charge in [0.05, 0.1) is 29.5 Å². The van der Waals surface area contributed by atoms with Gasteiger partial charge in [-0.3, -0.25) is 5.10 Å². The molecule has 1 aromatic carbocycles. The van der Waals surface area contributed by atoms with E-state index in [1.165, 1.54) is 0 Å². The number of H-pyrrole nitrogens is 1. The number of anilines is 1. The number of hydrogen-bond acceptors (Lipinski definition) is 5. The zero-order valence-corrected chi connectivity index (χ0v) is 10.6. The summed E-state index contributed by atoms with van der Waals surface area (Å²) < 4.78 is 5.19. The highest BCUT2D eigenvalue weighted by Crippen LogP contribution is 2.24. The average molecular weight is 255 g/mol. The number of hydrogen-bond donors (Lipinski definition) is 2. The summed E-state index contributed by atoms with van der Waals surface area (Å²) in [6, 6.07) is 7.34. The molecule has 0 atom stereocenters. The number of fused-ring (bicyclic) bond motifs is 1. The van der Waals surface area contributed by atoms with Gasteiger partial charge in [-0.05, 0) is 19.1 Å². The van der Waals surface area contributed by atoms with Gasteiger partial charge in [-0.2, -0.15) is 5.10 Å². The normalized spacial score (nSPS) is 10.8. The molecule has 2 heterocycles. The largest absolute Gasteiger partial charge is 0.497 e. The summed E-state index contributed by atoms with van der Waals surface area (Å²) in [6.45, 7) is 1.91. The molecule has 0 aliphatic rings. The van der Waals surface area contributed by atoms with Crippen LogP contribution in [0.4, 0.5) is 5.82 Å². The third-order valence-electron chi connectivity index (χ3n) is 2.90. The van der Waals surface area contributed by atoms with Crippen molar-refractivity contribution in [2.75, 3.05) is 12.8 Å². The number of aromatic amines is 1. The van der Waals surface area contributed by atoms with Gasteiger partial charge < -0.3 is 10.5 Å². The lowest BCUT2D eigenvalue weighted by Crippen LogP contribution is -1.95. The minimum atomic E-state index is 0.432. The number of nitrogens with one attached hydrogen (secondary N) is 1. The van der Waals surface area contributed by atoms with E-state index in [0.29, 0.717) is 5.82 Å². The molecule has 3 N–H and O–H groups in total. The molecule has 0 aliphatic carbocycles. The fraction of sp³-hybridized carbons (Fsp3) is 0.154. The summed E-state index contributed by atoms with van der Waals surface area (Å²) >= 11 is 0. The van der Waals surface area contributed by atoms with E-state index in [-0.39, 0.29) is 0 Å². The molecule has 0 saturated carbocycles. The molecule has 0 saturated heterocycles. The molecule has 6 nitrogen and oxygen atoms in total. The number of aryl methyl sites for hydroxylation is 1. The summed E-state index contributed by atoms with van der Waals surface area (Å²) in [4.78, 5) is 9.13. The van der Waals surface area contributed by atoms with Crippen molar-refractivity contribution in [1.29, 1.82) is 0 Å². The fourth-order valence-electron chi connectivity index (χ4n) is 1.96. The lowest BCUT2D eigenvalue weighted by molar-refractivity contribution is 0.415. The molecular weight excluding hydrogens is 242 g/mol. The molecule has 0 amide bonds. The van der Waals surface area contributed by atoms with Gasteiger partial charge in [0.25, 0.3) is 0 Å². The summed E-state index contributed by atoms with van der Waals surface area (Å²) in [6.07, 6.45) is 0. The zero-order valence-electron chi connectivity index (χ0n) is 10.6. The van der Waals surface area contributed by atoms with Crippen LogP contribution >= 0.6 is 0 Å². The Labute approximate surface area is 109 Å². The summed E-state index contributed by atoms with van der Waals surface area (Å²) in [5.41, 5.74) is 9.53. The molecule has 3 rings (SSSR count). The number of aromatic nitrogens is 4. The Morgan fingerprint density at radius 3 is 2.68 bits per heavy atom. The Kier molecular flexibility index (Phi) is 2.56. The molecule has 2 aromatic heterocycles. The van der Waals surface area contributed by atoms with E-state index in [1.54, 1.807) is 13.2 Å². The predicted molar refractivity (Wildman–Crippen MR) is 72.8 cm³/mol. The highest BCUT2D eigenvalue weighted by atomic mass is 16.5. The average Bonchev–Trinajstić information content (AvgIpc) is 2.84. The van der Waals surface area contributed by atoms with Gasteiger partial charge in [0, 0.05) is 12.1 Å². The fourth-order valence-corrected chi connectivity index (χ4v) is 1.96. The van der Waals surface area contributed by atoms with E-state index in [4.69, 9.17) is 10.5 Å². The summed E-state index contributed by atoms with van der Waals surface area (Å²) in [5.74, 6) is 1.18. The van der Waals surface area contributed by atoms with Crippen molar-refractivity contribution in [1.82, 2.24) is 20.2 Å². The van der Waals surface area contributed by atoms with E-state index >= 15 is 0 Å². The van der Waals surface area contributed by atoms with E-state index in [9.17, 15) is 0 Å². The molecule has 0 spiro atoms. The van der Waals surface area contributed by atoms with Crippen LogP contribution in [0.15, 0.2) is 24.3 Å². The summed E-state index contributed by atoms with van der Waals surface area (Å²) in [7, 11) is 1.62. The minimum absolute atomic E-state index is 0.432. The number of nitrogen functional groups attached to an aromatic ring is 1. The number of methoxy groups -OCH3 is 1. The standard InChI is InChI=1S/C13H13N5O/c1-7-13(11-6-12(14)18-17-11)16-10-5-8(19-2)3-4-9(10)15-7/h3-6H,1-2H3,(H3,14,17,18). The van der Waals surface area contributed by atoms with Gasteiger partial charge in [-0.1, -0.05) is 0 Å². The first-order valence-electron chi connectivity index (χ1n) is 5.81. The maximum atomic E-state index is 5.61. The van der Waals surface area contributed by atoms with Crippen LogP contribution in [0.1, 0.15) is 5.69 Å². The maximum Gasteiger partial charge on any atom is 0.145 e. The molecule has 0 unspecified atom stereocenters. The van der Waals surface area contributed by atoms with Crippen LogP contribution in [0.5, 0.6) is 5.75 Å². The molecule has 96 valence electrons. The number of nitrogens with two attached hydrogens (primary N) is 1. The van der Waals surface area contributed by atoms with E-state index in [2.05, 4.69) is 20.2 Å².